The summed E-state index contributed by atoms with van der Waals surface area (Å²) in [7, 11) is 0. The summed E-state index contributed by atoms with van der Waals surface area (Å²) in [6, 6.07) is 14.0. The zero-order valence-corrected chi connectivity index (χ0v) is 16.8. The Labute approximate surface area is 176 Å². The first-order chi connectivity index (χ1) is 14.1. The van der Waals surface area contributed by atoms with E-state index in [0.29, 0.717) is 46.0 Å². The van der Waals surface area contributed by atoms with Crippen molar-refractivity contribution in [3.05, 3.63) is 69.4 Å². The molecule has 0 saturated heterocycles. The molecule has 0 atom stereocenters. The van der Waals surface area contributed by atoms with Gasteiger partial charge in [0.1, 0.15) is 13.2 Å². The Bertz CT molecular complexity index is 1040. The van der Waals surface area contributed by atoms with Gasteiger partial charge in [-0.3, -0.25) is 9.59 Å². The third-order valence-electron chi connectivity index (χ3n) is 4.19. The quantitative estimate of drug-likeness (QED) is 0.622. The van der Waals surface area contributed by atoms with Crippen LogP contribution < -0.4 is 20.1 Å². The van der Waals surface area contributed by atoms with Crippen LogP contribution in [0.2, 0.25) is 5.02 Å². The van der Waals surface area contributed by atoms with Crippen LogP contribution in [0, 0.1) is 0 Å². The van der Waals surface area contributed by atoms with E-state index in [0.717, 1.165) is 5.56 Å². The lowest BCUT2D eigenvalue weighted by molar-refractivity contribution is -0.115. The van der Waals surface area contributed by atoms with Gasteiger partial charge >= 0.3 is 0 Å². The Hall–Kier alpha value is -3.03. The minimum Gasteiger partial charge on any atom is -0.486 e. The second-order valence-electron chi connectivity index (χ2n) is 6.34. The van der Waals surface area contributed by atoms with Crippen LogP contribution in [-0.2, 0) is 11.2 Å². The molecule has 3 aromatic rings. The third kappa shape index (κ3) is 4.70. The van der Waals surface area contributed by atoms with Crippen LogP contribution in [0.4, 0.5) is 11.4 Å². The molecule has 4 rings (SSSR count). The number of hydrogen-bond donors (Lipinski definition) is 2. The summed E-state index contributed by atoms with van der Waals surface area (Å²) in [6.07, 6.45) is 0.146. The maximum Gasteiger partial charge on any atom is 0.265 e. The molecule has 0 spiro atoms. The summed E-state index contributed by atoms with van der Waals surface area (Å²) >= 11 is 7.59. The molecular formula is C21H17ClN2O4S. The lowest BCUT2D eigenvalue weighted by Gasteiger charge is -2.20. The Morgan fingerprint density at radius 2 is 1.72 bits per heavy atom. The monoisotopic (exact) mass is 428 g/mol. The van der Waals surface area contributed by atoms with E-state index >= 15 is 0 Å². The smallest absolute Gasteiger partial charge is 0.265 e. The van der Waals surface area contributed by atoms with Crippen molar-refractivity contribution in [3.8, 4) is 11.5 Å². The van der Waals surface area contributed by atoms with E-state index in [1.807, 2.05) is 11.4 Å². The molecular weight excluding hydrogens is 412 g/mol. The Kier molecular flexibility index (Phi) is 5.69. The van der Waals surface area contributed by atoms with Crippen molar-refractivity contribution in [2.45, 2.75) is 6.42 Å². The fraction of sp³-hybridized carbons (Fsp3) is 0.143. The highest BCUT2D eigenvalue weighted by atomic mass is 35.5. The fourth-order valence-electron chi connectivity index (χ4n) is 2.89. The van der Waals surface area contributed by atoms with Crippen LogP contribution in [-0.4, -0.2) is 25.0 Å². The summed E-state index contributed by atoms with van der Waals surface area (Å²) in [6.45, 7) is 0.907. The van der Waals surface area contributed by atoms with Crippen LogP contribution >= 0.6 is 22.9 Å². The molecule has 8 heteroatoms. The van der Waals surface area contributed by atoms with Crippen molar-refractivity contribution in [3.63, 3.8) is 0 Å². The second-order valence-corrected chi connectivity index (χ2v) is 7.69. The molecule has 148 valence electrons. The number of halogens is 1. The Morgan fingerprint density at radius 3 is 2.45 bits per heavy atom. The molecule has 0 radical (unpaired) electrons. The predicted molar refractivity (Wildman–Crippen MR) is 113 cm³/mol. The molecule has 0 aliphatic carbocycles. The zero-order valence-electron chi connectivity index (χ0n) is 15.2. The van der Waals surface area contributed by atoms with Gasteiger partial charge in [-0.25, -0.2) is 0 Å². The number of thiophene rings is 1. The number of rotatable bonds is 5. The first-order valence-electron chi connectivity index (χ1n) is 8.91. The molecule has 29 heavy (non-hydrogen) atoms. The Balaban J connectivity index is 1.36. The van der Waals surface area contributed by atoms with E-state index in [1.165, 1.54) is 11.3 Å². The van der Waals surface area contributed by atoms with Crippen LogP contribution in [0.15, 0.2) is 53.9 Å². The van der Waals surface area contributed by atoms with Gasteiger partial charge in [0.25, 0.3) is 5.91 Å². The Morgan fingerprint density at radius 1 is 1.00 bits per heavy atom. The van der Waals surface area contributed by atoms with Gasteiger partial charge in [-0.2, -0.15) is 0 Å². The number of hydrogen-bond acceptors (Lipinski definition) is 5. The average Bonchev–Trinajstić information content (AvgIpc) is 3.24. The summed E-state index contributed by atoms with van der Waals surface area (Å²) in [4.78, 5) is 25.1. The van der Waals surface area contributed by atoms with Crippen molar-refractivity contribution in [2.75, 3.05) is 23.8 Å². The summed E-state index contributed by atoms with van der Waals surface area (Å²) in [5, 5.41) is 7.93. The number of ether oxygens (including phenoxy) is 2. The molecule has 0 unspecified atom stereocenters. The number of carbonyl (C=O) groups excluding carboxylic acids is 2. The highest BCUT2D eigenvalue weighted by molar-refractivity contribution is 7.12. The highest BCUT2D eigenvalue weighted by Crippen LogP contribution is 2.38. The maximum atomic E-state index is 12.4. The highest BCUT2D eigenvalue weighted by Gasteiger charge is 2.17. The largest absolute Gasteiger partial charge is 0.486 e. The fourth-order valence-corrected chi connectivity index (χ4v) is 3.80. The van der Waals surface area contributed by atoms with Crippen molar-refractivity contribution in [2.24, 2.45) is 0 Å². The number of anilines is 2. The van der Waals surface area contributed by atoms with E-state index < -0.39 is 0 Å². The van der Waals surface area contributed by atoms with Crippen LogP contribution in [0.25, 0.3) is 0 Å². The molecule has 2 aromatic carbocycles. The second kappa shape index (κ2) is 8.55. The van der Waals surface area contributed by atoms with E-state index in [-0.39, 0.29) is 18.2 Å². The minimum absolute atomic E-state index is 0.146. The summed E-state index contributed by atoms with van der Waals surface area (Å²) in [5.74, 6) is 0.722. The van der Waals surface area contributed by atoms with Gasteiger partial charge in [-0.15, -0.1) is 11.3 Å². The number of benzene rings is 2. The van der Waals surface area contributed by atoms with Gasteiger partial charge in [0, 0.05) is 11.4 Å². The van der Waals surface area contributed by atoms with Crippen molar-refractivity contribution in [1.29, 1.82) is 0 Å². The topological polar surface area (TPSA) is 76.7 Å². The number of nitrogens with one attached hydrogen (secondary N) is 2. The molecule has 1 aromatic heterocycles. The first-order valence-corrected chi connectivity index (χ1v) is 10.2. The summed E-state index contributed by atoms with van der Waals surface area (Å²) < 4.78 is 11.0. The molecule has 0 fully saturated rings. The number of amides is 2. The van der Waals surface area contributed by atoms with E-state index in [2.05, 4.69) is 10.6 Å². The predicted octanol–water partition coefficient (Wildman–Crippen LogP) is 4.61. The van der Waals surface area contributed by atoms with E-state index in [9.17, 15) is 9.59 Å². The van der Waals surface area contributed by atoms with Crippen molar-refractivity contribution in [1.82, 2.24) is 0 Å². The van der Waals surface area contributed by atoms with Crippen LogP contribution in [0.1, 0.15) is 15.2 Å². The first kappa shape index (κ1) is 19.3. The number of fused-ring (bicyclic) bond motifs is 1. The van der Waals surface area contributed by atoms with Crippen LogP contribution in [0.5, 0.6) is 11.5 Å². The minimum atomic E-state index is -0.187. The molecule has 1 aliphatic rings. The molecule has 0 saturated carbocycles. The molecule has 2 N–H and O–H groups in total. The maximum absolute atomic E-state index is 12.4. The van der Waals surface area contributed by atoms with Gasteiger partial charge < -0.3 is 20.1 Å². The SMILES string of the molecule is O=C(Cc1cc(Cl)c2c(c1)OCCO2)Nc1ccc(NC(=O)c2cccs2)cc1. The average molecular weight is 429 g/mol. The standard InChI is InChI=1S/C21H17ClN2O4S/c22-16-10-13(11-17-20(16)28-8-7-27-17)12-19(25)23-14-3-5-15(6-4-14)24-21(26)18-2-1-9-29-18/h1-6,9-11H,7-8,12H2,(H,23,25)(H,24,26). The van der Waals surface area contributed by atoms with Crippen molar-refractivity contribution < 1.29 is 19.1 Å². The molecule has 6 nitrogen and oxygen atoms in total. The van der Waals surface area contributed by atoms with E-state index in [1.54, 1.807) is 42.5 Å². The van der Waals surface area contributed by atoms with Gasteiger partial charge in [-0.1, -0.05) is 17.7 Å². The molecule has 2 amide bonds. The van der Waals surface area contributed by atoms with Gasteiger partial charge in [0.05, 0.1) is 16.3 Å². The number of carbonyl (C=O) groups is 2. The lowest BCUT2D eigenvalue weighted by Crippen LogP contribution is -2.17. The molecule has 1 aliphatic heterocycles. The third-order valence-corrected chi connectivity index (χ3v) is 5.34. The molecule has 2 heterocycles. The van der Waals surface area contributed by atoms with Gasteiger partial charge in [-0.05, 0) is 53.4 Å². The van der Waals surface area contributed by atoms with Gasteiger partial charge in [0.2, 0.25) is 5.91 Å². The zero-order chi connectivity index (χ0) is 20.2. The van der Waals surface area contributed by atoms with Crippen LogP contribution in [0.3, 0.4) is 0 Å². The van der Waals surface area contributed by atoms with E-state index in [4.69, 9.17) is 21.1 Å². The molecule has 0 bridgehead atoms. The lowest BCUT2D eigenvalue weighted by atomic mass is 10.1. The normalized spacial score (nSPS) is 12.3. The summed E-state index contributed by atoms with van der Waals surface area (Å²) in [5.41, 5.74) is 2.02. The van der Waals surface area contributed by atoms with Gasteiger partial charge in [0.15, 0.2) is 11.5 Å². The van der Waals surface area contributed by atoms with Crippen molar-refractivity contribution >= 4 is 46.1 Å².